The van der Waals surface area contributed by atoms with Gasteiger partial charge in [0.25, 0.3) is 0 Å². The predicted octanol–water partition coefficient (Wildman–Crippen LogP) is 0.385. The molecule has 0 unspecified atom stereocenters. The third kappa shape index (κ3) is 3.30. The van der Waals surface area contributed by atoms with E-state index >= 15 is 0 Å². The molecule has 3 fully saturated rings. The highest BCUT2D eigenvalue weighted by atomic mass is 16.2. The minimum absolute atomic E-state index is 0.0639. The van der Waals surface area contributed by atoms with E-state index in [1.165, 1.54) is 4.90 Å². The summed E-state index contributed by atoms with van der Waals surface area (Å²) < 4.78 is 0. The van der Waals surface area contributed by atoms with Crippen molar-refractivity contribution in [3.05, 3.63) is 0 Å². The van der Waals surface area contributed by atoms with Gasteiger partial charge >= 0.3 is 0 Å². The molecule has 0 N–H and O–H groups in total. The summed E-state index contributed by atoms with van der Waals surface area (Å²) >= 11 is 0. The number of piperazine rings is 1. The topological polar surface area (TPSA) is 78.0 Å². The number of rotatable bonds is 4. The highest BCUT2D eigenvalue weighted by Gasteiger charge is 2.42. The molecule has 3 rings (SSSR count). The molecule has 2 saturated heterocycles. The normalized spacial score (nSPS) is 23.8. The Hall–Kier alpha value is -1.92. The van der Waals surface area contributed by atoms with E-state index in [1.807, 2.05) is 18.7 Å². The molecule has 4 amide bonds. The van der Waals surface area contributed by atoms with Gasteiger partial charge in [-0.2, -0.15) is 0 Å². The lowest BCUT2D eigenvalue weighted by atomic mass is 9.97. The van der Waals surface area contributed by atoms with Crippen molar-refractivity contribution < 1.29 is 19.2 Å². The number of hydrogen-bond acceptors (Lipinski definition) is 4. The lowest BCUT2D eigenvalue weighted by Crippen LogP contribution is -2.62. The van der Waals surface area contributed by atoms with E-state index < -0.39 is 5.54 Å². The SMILES string of the molecule is CC1(C)CN(C(=O)C2CC2)CCN1C(=O)CCN1C(=O)CCC1=O. The van der Waals surface area contributed by atoms with Crippen LogP contribution in [-0.2, 0) is 19.2 Å². The number of carbonyl (C=O) groups excluding carboxylic acids is 4. The third-order valence-corrected chi connectivity index (χ3v) is 5.15. The van der Waals surface area contributed by atoms with Crippen LogP contribution in [0.4, 0.5) is 0 Å². The van der Waals surface area contributed by atoms with Crippen molar-refractivity contribution >= 4 is 23.6 Å². The van der Waals surface area contributed by atoms with Crippen molar-refractivity contribution in [2.45, 2.75) is 51.5 Å². The van der Waals surface area contributed by atoms with Gasteiger partial charge in [-0.1, -0.05) is 0 Å². The molecule has 0 spiro atoms. The van der Waals surface area contributed by atoms with E-state index in [0.717, 1.165) is 12.8 Å². The summed E-state index contributed by atoms with van der Waals surface area (Å²) in [5.41, 5.74) is -0.432. The lowest BCUT2D eigenvalue weighted by molar-refractivity contribution is -0.149. The molecule has 2 aliphatic heterocycles. The average Bonchev–Trinajstić information content (AvgIpc) is 3.31. The Labute approximate surface area is 141 Å². The van der Waals surface area contributed by atoms with Crippen LogP contribution in [0.15, 0.2) is 0 Å². The molecule has 0 bridgehead atoms. The summed E-state index contributed by atoms with van der Waals surface area (Å²) in [4.78, 5) is 52.9. The molecule has 1 saturated carbocycles. The number of amides is 4. The van der Waals surface area contributed by atoms with E-state index in [4.69, 9.17) is 0 Å². The van der Waals surface area contributed by atoms with E-state index in [2.05, 4.69) is 0 Å². The Kier molecular flexibility index (Phi) is 4.36. The zero-order chi connectivity index (χ0) is 17.5. The maximum Gasteiger partial charge on any atom is 0.229 e. The second-order valence-electron chi connectivity index (χ2n) is 7.58. The van der Waals surface area contributed by atoms with Crippen molar-refractivity contribution in [2.24, 2.45) is 5.92 Å². The van der Waals surface area contributed by atoms with Crippen LogP contribution >= 0.6 is 0 Å². The average molecular weight is 335 g/mol. The predicted molar refractivity (Wildman–Crippen MR) is 85.7 cm³/mol. The van der Waals surface area contributed by atoms with Gasteiger partial charge in [0.15, 0.2) is 0 Å². The second kappa shape index (κ2) is 6.18. The molecule has 0 aromatic rings. The van der Waals surface area contributed by atoms with Gasteiger partial charge in [0.05, 0.1) is 5.54 Å². The first kappa shape index (κ1) is 16.9. The number of hydrogen-bond donors (Lipinski definition) is 0. The molecule has 7 nitrogen and oxygen atoms in total. The van der Waals surface area contributed by atoms with Crippen molar-refractivity contribution in [1.82, 2.24) is 14.7 Å². The number of carbonyl (C=O) groups is 4. The molecular formula is C17H25N3O4. The zero-order valence-corrected chi connectivity index (χ0v) is 14.4. The molecule has 0 radical (unpaired) electrons. The van der Waals surface area contributed by atoms with E-state index in [9.17, 15) is 19.2 Å². The second-order valence-corrected chi connectivity index (χ2v) is 7.58. The van der Waals surface area contributed by atoms with E-state index in [-0.39, 0.29) is 55.4 Å². The molecular weight excluding hydrogens is 310 g/mol. The van der Waals surface area contributed by atoms with Gasteiger partial charge in [0, 0.05) is 51.4 Å². The molecule has 24 heavy (non-hydrogen) atoms. The van der Waals surface area contributed by atoms with Crippen molar-refractivity contribution in [2.75, 3.05) is 26.2 Å². The van der Waals surface area contributed by atoms with Crippen molar-refractivity contribution in [1.29, 1.82) is 0 Å². The highest BCUT2D eigenvalue weighted by molar-refractivity contribution is 6.02. The van der Waals surface area contributed by atoms with Crippen LogP contribution < -0.4 is 0 Å². The van der Waals surface area contributed by atoms with Crippen LogP contribution in [0, 0.1) is 5.92 Å². The van der Waals surface area contributed by atoms with Gasteiger partial charge < -0.3 is 9.80 Å². The van der Waals surface area contributed by atoms with Gasteiger partial charge in [-0.25, -0.2) is 0 Å². The maximum absolute atomic E-state index is 12.6. The lowest BCUT2D eigenvalue weighted by Gasteiger charge is -2.47. The zero-order valence-electron chi connectivity index (χ0n) is 14.4. The maximum atomic E-state index is 12.6. The fraction of sp³-hybridized carbons (Fsp3) is 0.765. The van der Waals surface area contributed by atoms with Crippen LogP contribution in [0.25, 0.3) is 0 Å². The molecule has 3 aliphatic rings. The standard InChI is InChI=1S/C17H25N3O4/c1-17(2)11-18(16(24)12-3-4-12)9-10-20(17)15(23)7-8-19-13(21)5-6-14(19)22/h12H,3-11H2,1-2H3. The summed E-state index contributed by atoms with van der Waals surface area (Å²) in [7, 11) is 0. The summed E-state index contributed by atoms with van der Waals surface area (Å²) in [6.07, 6.45) is 2.62. The number of likely N-dealkylation sites (tertiary alicyclic amines) is 1. The Bertz CT molecular complexity index is 566. The largest absolute Gasteiger partial charge is 0.338 e. The molecule has 7 heteroatoms. The Morgan fingerprint density at radius 2 is 1.71 bits per heavy atom. The minimum Gasteiger partial charge on any atom is -0.338 e. The van der Waals surface area contributed by atoms with Gasteiger partial charge in [0.2, 0.25) is 23.6 Å². The first-order chi connectivity index (χ1) is 11.3. The fourth-order valence-corrected chi connectivity index (χ4v) is 3.61. The molecule has 0 aromatic heterocycles. The Morgan fingerprint density at radius 3 is 2.25 bits per heavy atom. The Morgan fingerprint density at radius 1 is 1.08 bits per heavy atom. The highest BCUT2D eigenvalue weighted by Crippen LogP contribution is 2.33. The monoisotopic (exact) mass is 335 g/mol. The Balaban J connectivity index is 1.56. The molecule has 2 heterocycles. The van der Waals surface area contributed by atoms with Gasteiger partial charge in [-0.3, -0.25) is 24.1 Å². The third-order valence-electron chi connectivity index (χ3n) is 5.15. The van der Waals surface area contributed by atoms with Crippen molar-refractivity contribution in [3.63, 3.8) is 0 Å². The summed E-state index contributed by atoms with van der Waals surface area (Å²) in [6.45, 7) is 5.69. The molecule has 0 aromatic carbocycles. The van der Waals surface area contributed by atoms with Gasteiger partial charge in [-0.05, 0) is 26.7 Å². The number of nitrogens with zero attached hydrogens (tertiary/aromatic N) is 3. The summed E-state index contributed by atoms with van der Waals surface area (Å²) in [5, 5.41) is 0. The van der Waals surface area contributed by atoms with Crippen LogP contribution in [0.1, 0.15) is 46.0 Å². The van der Waals surface area contributed by atoms with Gasteiger partial charge in [0.1, 0.15) is 0 Å². The molecule has 132 valence electrons. The summed E-state index contributed by atoms with van der Waals surface area (Å²) in [6, 6.07) is 0. The van der Waals surface area contributed by atoms with Crippen molar-refractivity contribution in [3.8, 4) is 0 Å². The first-order valence-corrected chi connectivity index (χ1v) is 8.72. The van der Waals surface area contributed by atoms with Crippen LogP contribution in [0.5, 0.6) is 0 Å². The van der Waals surface area contributed by atoms with Crippen LogP contribution in [0.2, 0.25) is 0 Å². The molecule has 1 aliphatic carbocycles. The van der Waals surface area contributed by atoms with Gasteiger partial charge in [-0.15, -0.1) is 0 Å². The minimum atomic E-state index is -0.432. The number of imide groups is 1. The molecule has 0 atom stereocenters. The smallest absolute Gasteiger partial charge is 0.229 e. The first-order valence-electron chi connectivity index (χ1n) is 8.72. The summed E-state index contributed by atoms with van der Waals surface area (Å²) in [5.74, 6) is -0.0384. The quantitative estimate of drug-likeness (QED) is 0.696. The van der Waals surface area contributed by atoms with E-state index in [0.29, 0.717) is 19.6 Å². The fourth-order valence-electron chi connectivity index (χ4n) is 3.61. The van der Waals surface area contributed by atoms with E-state index in [1.54, 1.807) is 4.90 Å². The van der Waals surface area contributed by atoms with Crippen LogP contribution in [0.3, 0.4) is 0 Å². The van der Waals surface area contributed by atoms with Crippen LogP contribution in [-0.4, -0.2) is 70.0 Å².